The number of hydrogen-bond donors (Lipinski definition) is 2. The van der Waals surface area contributed by atoms with E-state index in [2.05, 4.69) is 80.7 Å². The maximum atomic E-state index is 13.6. The predicted octanol–water partition coefficient (Wildman–Crippen LogP) is 7.30. The van der Waals surface area contributed by atoms with Gasteiger partial charge in [-0.15, -0.1) is 0 Å². The van der Waals surface area contributed by atoms with Crippen molar-refractivity contribution in [2.75, 3.05) is 7.11 Å². The quantitative estimate of drug-likeness (QED) is 0.319. The van der Waals surface area contributed by atoms with Gasteiger partial charge in [-0.1, -0.05) is 49.6 Å². The second-order valence-corrected chi connectivity index (χ2v) is 13.3. The Labute approximate surface area is 245 Å². The molecule has 220 valence electrons. The average molecular weight is 558 g/mol. The SMILES string of the molecule is COc1ccc(C2CCC(C(NC(=O)C3CCCCC3)c3cccc(-c4cnn(C(C)(C)C)c4)c3)CC2O)cc1C. The van der Waals surface area contributed by atoms with Crippen molar-refractivity contribution in [1.82, 2.24) is 15.1 Å². The Morgan fingerprint density at radius 1 is 1.05 bits per heavy atom. The first kappa shape index (κ1) is 29.4. The molecule has 3 aromatic rings. The van der Waals surface area contributed by atoms with Crippen molar-refractivity contribution in [3.63, 3.8) is 0 Å². The van der Waals surface area contributed by atoms with E-state index in [0.717, 1.165) is 72.1 Å². The standard InChI is InChI=1S/C35H47N3O3/c1-23-18-26(15-17-32(23)41-5)30-16-14-28(20-31(30)39)33(37-34(40)24-10-7-6-8-11-24)27-13-9-12-25(19-27)29-21-36-38(22-29)35(2,3)4/h9,12-13,15,17-19,21-22,24,28,30-31,33,39H,6-8,10-11,14,16,20H2,1-5H3,(H,37,40). The summed E-state index contributed by atoms with van der Waals surface area (Å²) in [6.45, 7) is 8.49. The largest absolute Gasteiger partial charge is 0.496 e. The van der Waals surface area contributed by atoms with E-state index < -0.39 is 6.10 Å². The van der Waals surface area contributed by atoms with Crippen LogP contribution in [0.25, 0.3) is 11.1 Å². The Balaban J connectivity index is 1.40. The lowest BCUT2D eigenvalue weighted by Crippen LogP contribution is -2.41. The lowest BCUT2D eigenvalue weighted by molar-refractivity contribution is -0.127. The first-order valence-electron chi connectivity index (χ1n) is 15.4. The fourth-order valence-corrected chi connectivity index (χ4v) is 6.86. The van der Waals surface area contributed by atoms with Crippen LogP contribution in [0.2, 0.25) is 0 Å². The Hall–Kier alpha value is -3.12. The van der Waals surface area contributed by atoms with Gasteiger partial charge in [-0.25, -0.2) is 0 Å². The van der Waals surface area contributed by atoms with Crippen molar-refractivity contribution >= 4 is 5.91 Å². The average Bonchev–Trinajstić information content (AvgIpc) is 3.48. The number of aromatic nitrogens is 2. The lowest BCUT2D eigenvalue weighted by Gasteiger charge is -2.38. The molecule has 1 heterocycles. The molecule has 2 N–H and O–H groups in total. The molecule has 0 aliphatic heterocycles. The summed E-state index contributed by atoms with van der Waals surface area (Å²) in [4.78, 5) is 13.6. The summed E-state index contributed by atoms with van der Waals surface area (Å²) >= 11 is 0. The van der Waals surface area contributed by atoms with Gasteiger partial charge in [0.25, 0.3) is 0 Å². The first-order chi connectivity index (χ1) is 19.6. The van der Waals surface area contributed by atoms with Gasteiger partial charge in [0.15, 0.2) is 0 Å². The zero-order chi connectivity index (χ0) is 29.1. The molecular formula is C35H47N3O3. The van der Waals surface area contributed by atoms with Crippen molar-refractivity contribution in [3.05, 3.63) is 71.5 Å². The van der Waals surface area contributed by atoms with E-state index in [1.54, 1.807) is 7.11 Å². The molecule has 0 saturated heterocycles. The number of aliphatic hydroxyl groups excluding tert-OH is 1. The van der Waals surface area contributed by atoms with Crippen molar-refractivity contribution < 1.29 is 14.6 Å². The van der Waals surface area contributed by atoms with E-state index in [1.165, 1.54) is 6.42 Å². The van der Waals surface area contributed by atoms with Gasteiger partial charge in [-0.3, -0.25) is 9.48 Å². The summed E-state index contributed by atoms with van der Waals surface area (Å²) < 4.78 is 7.45. The summed E-state index contributed by atoms with van der Waals surface area (Å²) in [7, 11) is 1.69. The first-order valence-corrected chi connectivity index (χ1v) is 15.4. The van der Waals surface area contributed by atoms with Crippen LogP contribution < -0.4 is 10.1 Å². The van der Waals surface area contributed by atoms with Crippen LogP contribution >= 0.6 is 0 Å². The molecule has 2 fully saturated rings. The topological polar surface area (TPSA) is 76.4 Å². The van der Waals surface area contributed by atoms with Gasteiger partial charge in [-0.05, 0) is 100 Å². The van der Waals surface area contributed by atoms with E-state index in [9.17, 15) is 9.90 Å². The lowest BCUT2D eigenvalue weighted by atomic mass is 9.72. The Morgan fingerprint density at radius 3 is 2.49 bits per heavy atom. The molecule has 2 aliphatic rings. The number of rotatable bonds is 7. The second-order valence-electron chi connectivity index (χ2n) is 13.3. The Kier molecular flexibility index (Phi) is 8.88. The van der Waals surface area contributed by atoms with Gasteiger partial charge in [0.1, 0.15) is 5.75 Å². The summed E-state index contributed by atoms with van der Waals surface area (Å²) in [6, 6.07) is 14.6. The van der Waals surface area contributed by atoms with Gasteiger partial charge in [0.05, 0.1) is 31.0 Å². The highest BCUT2D eigenvalue weighted by Gasteiger charge is 2.36. The van der Waals surface area contributed by atoms with Crippen LogP contribution in [-0.4, -0.2) is 34.0 Å². The smallest absolute Gasteiger partial charge is 0.223 e. The molecular weight excluding hydrogens is 510 g/mol. The Bertz CT molecular complexity index is 1330. The molecule has 0 spiro atoms. The molecule has 2 saturated carbocycles. The number of aliphatic hydroxyl groups is 1. The number of methoxy groups -OCH3 is 1. The minimum Gasteiger partial charge on any atom is -0.496 e. The normalized spacial score (nSPS) is 22.7. The summed E-state index contributed by atoms with van der Waals surface area (Å²) in [5.41, 5.74) is 5.42. The highest BCUT2D eigenvalue weighted by atomic mass is 16.5. The van der Waals surface area contributed by atoms with Gasteiger partial charge in [0, 0.05) is 23.6 Å². The van der Waals surface area contributed by atoms with E-state index >= 15 is 0 Å². The number of nitrogens with zero attached hydrogens (tertiary/aromatic N) is 2. The number of carbonyl (C=O) groups is 1. The van der Waals surface area contributed by atoms with Crippen molar-refractivity contribution in [2.24, 2.45) is 11.8 Å². The van der Waals surface area contributed by atoms with Crippen LogP contribution in [0.3, 0.4) is 0 Å². The Morgan fingerprint density at radius 2 is 1.83 bits per heavy atom. The highest BCUT2D eigenvalue weighted by Crippen LogP contribution is 2.43. The van der Waals surface area contributed by atoms with Crippen LogP contribution in [0.15, 0.2) is 54.9 Å². The molecule has 6 heteroatoms. The third-order valence-corrected chi connectivity index (χ3v) is 9.30. The molecule has 1 aromatic heterocycles. The number of aryl methyl sites for hydroxylation is 1. The maximum Gasteiger partial charge on any atom is 0.223 e. The number of amides is 1. The second kappa shape index (κ2) is 12.4. The number of carbonyl (C=O) groups excluding carboxylic acids is 1. The highest BCUT2D eigenvalue weighted by molar-refractivity contribution is 5.79. The fourth-order valence-electron chi connectivity index (χ4n) is 6.86. The van der Waals surface area contributed by atoms with Crippen LogP contribution in [0.5, 0.6) is 5.75 Å². The zero-order valence-electron chi connectivity index (χ0n) is 25.4. The number of ether oxygens (including phenoxy) is 1. The number of hydrogen-bond acceptors (Lipinski definition) is 4. The van der Waals surface area contributed by atoms with E-state index in [4.69, 9.17) is 4.74 Å². The van der Waals surface area contributed by atoms with Crippen molar-refractivity contribution in [2.45, 2.75) is 103 Å². The molecule has 6 nitrogen and oxygen atoms in total. The third-order valence-electron chi connectivity index (χ3n) is 9.30. The molecule has 2 aromatic carbocycles. The van der Waals surface area contributed by atoms with E-state index in [-0.39, 0.29) is 35.2 Å². The third kappa shape index (κ3) is 6.69. The van der Waals surface area contributed by atoms with Crippen LogP contribution in [-0.2, 0) is 10.3 Å². The van der Waals surface area contributed by atoms with Crippen LogP contribution in [0.1, 0.15) is 101 Å². The van der Waals surface area contributed by atoms with Gasteiger partial charge < -0.3 is 15.2 Å². The molecule has 0 bridgehead atoms. The minimum atomic E-state index is -0.469. The van der Waals surface area contributed by atoms with Gasteiger partial charge in [-0.2, -0.15) is 5.10 Å². The fraction of sp³-hybridized carbons (Fsp3) is 0.543. The summed E-state index contributed by atoms with van der Waals surface area (Å²) in [6.07, 6.45) is 11.4. The van der Waals surface area contributed by atoms with Crippen molar-refractivity contribution in [3.8, 4) is 16.9 Å². The van der Waals surface area contributed by atoms with E-state index in [0.29, 0.717) is 6.42 Å². The number of benzene rings is 2. The van der Waals surface area contributed by atoms with Gasteiger partial charge >= 0.3 is 0 Å². The monoisotopic (exact) mass is 557 g/mol. The van der Waals surface area contributed by atoms with E-state index in [1.807, 2.05) is 16.9 Å². The van der Waals surface area contributed by atoms with Crippen molar-refractivity contribution in [1.29, 1.82) is 0 Å². The summed E-state index contributed by atoms with van der Waals surface area (Å²) in [5.74, 6) is 1.36. The molecule has 4 unspecified atom stereocenters. The maximum absolute atomic E-state index is 13.6. The zero-order valence-corrected chi connectivity index (χ0v) is 25.4. The summed E-state index contributed by atoms with van der Waals surface area (Å²) in [5, 5.41) is 19.5. The molecule has 1 amide bonds. The predicted molar refractivity (Wildman–Crippen MR) is 164 cm³/mol. The molecule has 5 rings (SSSR count). The molecule has 0 radical (unpaired) electrons. The van der Waals surface area contributed by atoms with Crippen LogP contribution in [0, 0.1) is 18.8 Å². The van der Waals surface area contributed by atoms with Gasteiger partial charge in [0.2, 0.25) is 5.91 Å². The van der Waals surface area contributed by atoms with Crippen LogP contribution in [0.4, 0.5) is 0 Å². The minimum absolute atomic E-state index is 0.0834. The molecule has 41 heavy (non-hydrogen) atoms. The molecule has 2 aliphatic carbocycles. The number of nitrogens with one attached hydrogen (secondary N) is 1. The molecule has 4 atom stereocenters.